The summed E-state index contributed by atoms with van der Waals surface area (Å²) in [5.74, 6) is 1.18. The van der Waals surface area contributed by atoms with E-state index in [4.69, 9.17) is 12.2 Å². The van der Waals surface area contributed by atoms with E-state index in [2.05, 4.69) is 15.9 Å². The fraction of sp³-hybridized carbons (Fsp3) is 0. The van der Waals surface area contributed by atoms with Gasteiger partial charge in [-0.25, -0.2) is 13.8 Å². The maximum atomic E-state index is 13.6. The van der Waals surface area contributed by atoms with Gasteiger partial charge in [-0.05, 0) is 24.3 Å². The summed E-state index contributed by atoms with van der Waals surface area (Å²) >= 11 is 0. The number of benzene rings is 1. The van der Waals surface area contributed by atoms with E-state index in [0.29, 0.717) is 16.8 Å². The van der Waals surface area contributed by atoms with Crippen LogP contribution in [0.2, 0.25) is 0 Å². The Kier molecular flexibility index (Phi) is 3.73. The molecule has 0 spiro atoms. The lowest BCUT2D eigenvalue weighted by atomic mass is 9.98. The van der Waals surface area contributed by atoms with E-state index in [-0.39, 0.29) is 11.4 Å². The van der Waals surface area contributed by atoms with Gasteiger partial charge < -0.3 is 5.73 Å². The van der Waals surface area contributed by atoms with Gasteiger partial charge in [0.05, 0.1) is 11.3 Å². The molecule has 0 radical (unpaired) electrons. The van der Waals surface area contributed by atoms with Crippen molar-refractivity contribution in [1.29, 1.82) is 0 Å². The number of aromatic nitrogens is 2. The molecule has 2 aromatic heterocycles. The zero-order chi connectivity index (χ0) is 16.4. The summed E-state index contributed by atoms with van der Waals surface area (Å²) in [5.41, 5.74) is 8.18. The summed E-state index contributed by atoms with van der Waals surface area (Å²) in [6, 6.07) is 8.40. The van der Waals surface area contributed by atoms with Crippen molar-refractivity contribution in [1.82, 2.24) is 9.97 Å². The fourth-order valence-electron chi connectivity index (χ4n) is 2.30. The van der Waals surface area contributed by atoms with Crippen LogP contribution in [0.25, 0.3) is 22.4 Å². The van der Waals surface area contributed by atoms with Gasteiger partial charge in [-0.3, -0.25) is 4.98 Å². The van der Waals surface area contributed by atoms with Crippen molar-refractivity contribution in [2.45, 2.75) is 0 Å². The molecule has 0 unspecified atom stereocenters. The summed E-state index contributed by atoms with van der Waals surface area (Å²) in [6.45, 7) is 0. The topological polar surface area (TPSA) is 51.8 Å². The Morgan fingerprint density at radius 2 is 1.78 bits per heavy atom. The zero-order valence-corrected chi connectivity index (χ0v) is 11.9. The predicted octanol–water partition coefficient (Wildman–Crippen LogP) is 3.65. The largest absolute Gasteiger partial charge is 0.383 e. The first-order valence-electron chi connectivity index (χ1n) is 6.72. The van der Waals surface area contributed by atoms with Gasteiger partial charge >= 0.3 is 0 Å². The van der Waals surface area contributed by atoms with Crippen molar-refractivity contribution in [2.75, 3.05) is 5.73 Å². The number of hydrogen-bond donors (Lipinski definition) is 1. The summed E-state index contributed by atoms with van der Waals surface area (Å²) in [6.07, 6.45) is 8.67. The molecule has 3 nitrogen and oxygen atoms in total. The third kappa shape index (κ3) is 2.87. The summed E-state index contributed by atoms with van der Waals surface area (Å²) < 4.78 is 27.1. The molecule has 2 heterocycles. The van der Waals surface area contributed by atoms with Gasteiger partial charge in [-0.1, -0.05) is 12.0 Å². The number of terminal acetylenes is 1. The molecule has 0 amide bonds. The van der Waals surface area contributed by atoms with Crippen molar-refractivity contribution in [3.63, 3.8) is 0 Å². The van der Waals surface area contributed by atoms with Crippen LogP contribution in [0.3, 0.4) is 0 Å². The van der Waals surface area contributed by atoms with Crippen LogP contribution in [0, 0.1) is 24.0 Å². The highest BCUT2D eigenvalue weighted by atomic mass is 19.1. The number of nitrogen functional groups attached to an aromatic ring is 1. The number of anilines is 1. The van der Waals surface area contributed by atoms with Crippen molar-refractivity contribution < 1.29 is 8.78 Å². The highest BCUT2D eigenvalue weighted by Gasteiger charge is 2.14. The first-order valence-corrected chi connectivity index (χ1v) is 6.72. The maximum absolute atomic E-state index is 13.6. The average Bonchev–Trinajstić information content (AvgIpc) is 2.54. The average molecular weight is 307 g/mol. The third-order valence-corrected chi connectivity index (χ3v) is 3.32. The molecule has 0 saturated heterocycles. The van der Waals surface area contributed by atoms with Gasteiger partial charge in [0.2, 0.25) is 0 Å². The Balaban J connectivity index is 2.31. The number of rotatable bonds is 2. The minimum absolute atomic E-state index is 0.125. The fourth-order valence-corrected chi connectivity index (χ4v) is 2.30. The molecule has 1 aromatic carbocycles. The molecule has 3 rings (SSSR count). The van der Waals surface area contributed by atoms with E-state index in [1.165, 1.54) is 12.1 Å². The van der Waals surface area contributed by atoms with Gasteiger partial charge in [-0.2, -0.15) is 0 Å². The third-order valence-electron chi connectivity index (χ3n) is 3.32. The normalized spacial score (nSPS) is 10.3. The monoisotopic (exact) mass is 307 g/mol. The molecule has 112 valence electrons. The lowest BCUT2D eigenvalue weighted by Gasteiger charge is -2.12. The Bertz CT molecular complexity index is 895. The molecule has 0 saturated carbocycles. The molecule has 5 heteroatoms. The van der Waals surface area contributed by atoms with Gasteiger partial charge in [0, 0.05) is 35.2 Å². The van der Waals surface area contributed by atoms with Gasteiger partial charge in [0.1, 0.15) is 17.5 Å². The van der Waals surface area contributed by atoms with Crippen molar-refractivity contribution in [3.05, 3.63) is 66.0 Å². The number of hydrogen-bond acceptors (Lipinski definition) is 3. The van der Waals surface area contributed by atoms with Crippen molar-refractivity contribution >= 4 is 5.82 Å². The number of nitrogens with two attached hydrogens (primary N) is 1. The van der Waals surface area contributed by atoms with E-state index in [1.807, 2.05) is 0 Å². The molecule has 0 aliphatic rings. The van der Waals surface area contributed by atoms with Crippen LogP contribution < -0.4 is 5.73 Å². The molecular formula is C18H11F2N3. The van der Waals surface area contributed by atoms with E-state index in [0.717, 1.165) is 11.6 Å². The second-order valence-corrected chi connectivity index (χ2v) is 4.86. The lowest BCUT2D eigenvalue weighted by molar-refractivity contribution is 0.584. The van der Waals surface area contributed by atoms with E-state index in [9.17, 15) is 8.78 Å². The van der Waals surface area contributed by atoms with E-state index >= 15 is 0 Å². The second-order valence-electron chi connectivity index (χ2n) is 4.86. The van der Waals surface area contributed by atoms with Gasteiger partial charge in [0.25, 0.3) is 0 Å². The molecule has 3 aromatic rings. The minimum Gasteiger partial charge on any atom is -0.383 e. The smallest absolute Gasteiger partial charge is 0.139 e. The van der Waals surface area contributed by atoms with Crippen LogP contribution in [0.15, 0.2) is 48.8 Å². The summed E-state index contributed by atoms with van der Waals surface area (Å²) in [4.78, 5) is 8.30. The van der Waals surface area contributed by atoms with Crippen LogP contribution in [0.5, 0.6) is 0 Å². The van der Waals surface area contributed by atoms with Gasteiger partial charge in [-0.15, -0.1) is 6.42 Å². The Morgan fingerprint density at radius 1 is 1.04 bits per heavy atom. The maximum Gasteiger partial charge on any atom is 0.139 e. The van der Waals surface area contributed by atoms with Crippen LogP contribution in [0.4, 0.5) is 14.6 Å². The summed E-state index contributed by atoms with van der Waals surface area (Å²) in [7, 11) is 0. The van der Waals surface area contributed by atoms with E-state index in [1.54, 1.807) is 30.6 Å². The number of pyridine rings is 2. The molecule has 0 atom stereocenters. The molecule has 23 heavy (non-hydrogen) atoms. The standard InChI is InChI=1S/C18H11F2N3/c1-2-11-8-16(12-4-3-5-22-10-12)17(23-18(11)21)13-6-14(19)9-15(20)7-13/h1,3-10H,(H2,21,23). The molecule has 0 aliphatic heterocycles. The summed E-state index contributed by atoms with van der Waals surface area (Å²) in [5, 5.41) is 0. The van der Waals surface area contributed by atoms with Crippen LogP contribution >= 0.6 is 0 Å². The van der Waals surface area contributed by atoms with Crippen molar-refractivity contribution in [2.24, 2.45) is 0 Å². The molecule has 0 fully saturated rings. The second kappa shape index (κ2) is 5.85. The minimum atomic E-state index is -0.696. The number of halogens is 2. The Hall–Kier alpha value is -3.26. The predicted molar refractivity (Wildman–Crippen MR) is 85.2 cm³/mol. The number of nitrogens with zero attached hydrogens (tertiary/aromatic N) is 2. The molecule has 0 bridgehead atoms. The Morgan fingerprint density at radius 3 is 2.39 bits per heavy atom. The zero-order valence-electron chi connectivity index (χ0n) is 11.9. The van der Waals surface area contributed by atoms with Crippen LogP contribution in [-0.2, 0) is 0 Å². The molecule has 2 N–H and O–H groups in total. The van der Waals surface area contributed by atoms with E-state index < -0.39 is 11.6 Å². The van der Waals surface area contributed by atoms with Crippen LogP contribution in [0.1, 0.15) is 5.56 Å². The van der Waals surface area contributed by atoms with Crippen LogP contribution in [-0.4, -0.2) is 9.97 Å². The lowest BCUT2D eigenvalue weighted by Crippen LogP contribution is -2.00. The SMILES string of the molecule is C#Cc1cc(-c2cccnc2)c(-c2cc(F)cc(F)c2)nc1N. The Labute approximate surface area is 131 Å². The molecular weight excluding hydrogens is 296 g/mol. The first kappa shape index (κ1) is 14.7. The quantitative estimate of drug-likeness (QED) is 0.735. The highest BCUT2D eigenvalue weighted by Crippen LogP contribution is 2.33. The first-order chi connectivity index (χ1) is 11.1. The highest BCUT2D eigenvalue weighted by molar-refractivity contribution is 5.83. The molecule has 0 aliphatic carbocycles. The van der Waals surface area contributed by atoms with Gasteiger partial charge in [0.15, 0.2) is 0 Å². The van der Waals surface area contributed by atoms with Crippen molar-refractivity contribution in [3.8, 4) is 34.7 Å².